The van der Waals surface area contributed by atoms with E-state index < -0.39 is 5.82 Å². The van der Waals surface area contributed by atoms with Crippen molar-refractivity contribution in [3.8, 4) is 0 Å². The van der Waals surface area contributed by atoms with Gasteiger partial charge in [-0.05, 0) is 25.0 Å². The van der Waals surface area contributed by atoms with Crippen molar-refractivity contribution >= 4 is 34.4 Å². The molecule has 1 amide bonds. The first kappa shape index (κ1) is 20.1. The summed E-state index contributed by atoms with van der Waals surface area (Å²) in [6.07, 6.45) is 1.72. The van der Waals surface area contributed by atoms with Gasteiger partial charge in [0.2, 0.25) is 5.91 Å². The Kier molecular flexibility index (Phi) is 6.13. The van der Waals surface area contributed by atoms with Crippen molar-refractivity contribution in [3.05, 3.63) is 46.6 Å². The fourth-order valence-corrected chi connectivity index (χ4v) is 3.51. The zero-order chi connectivity index (χ0) is 20.3. The van der Waals surface area contributed by atoms with E-state index in [1.165, 1.54) is 12.1 Å². The second-order valence-electron chi connectivity index (χ2n) is 6.74. The Balaban J connectivity index is 1.85. The van der Waals surface area contributed by atoms with Gasteiger partial charge in [-0.1, -0.05) is 37.7 Å². The number of nitrogens with zero attached hydrogens (tertiary/aromatic N) is 4. The van der Waals surface area contributed by atoms with Gasteiger partial charge >= 0.3 is 0 Å². The molecular formula is C19H22FN5O2S. The maximum atomic E-state index is 13.7. The average Bonchev–Trinajstić information content (AvgIpc) is 3.08. The Morgan fingerprint density at radius 3 is 2.75 bits per heavy atom. The third kappa shape index (κ3) is 4.41. The van der Waals surface area contributed by atoms with Crippen LogP contribution in [0.4, 0.5) is 10.1 Å². The van der Waals surface area contributed by atoms with Crippen molar-refractivity contribution in [2.75, 3.05) is 11.1 Å². The summed E-state index contributed by atoms with van der Waals surface area (Å²) < 4.78 is 16.9. The highest BCUT2D eigenvalue weighted by Crippen LogP contribution is 2.20. The minimum atomic E-state index is -0.496. The lowest BCUT2D eigenvalue weighted by atomic mass is 10.2. The fraction of sp³-hybridized carbons (Fsp3) is 0.368. The van der Waals surface area contributed by atoms with Crippen LogP contribution in [0, 0.1) is 11.7 Å². The van der Waals surface area contributed by atoms with Crippen LogP contribution in [0.3, 0.4) is 0 Å². The molecule has 2 aromatic heterocycles. The Labute approximate surface area is 166 Å². The number of halogens is 1. The highest BCUT2D eigenvalue weighted by atomic mass is 32.2. The predicted molar refractivity (Wildman–Crippen MR) is 108 cm³/mol. The minimum Gasteiger partial charge on any atom is -0.323 e. The van der Waals surface area contributed by atoms with Crippen LogP contribution in [0.5, 0.6) is 0 Å². The van der Waals surface area contributed by atoms with Crippen LogP contribution in [0.1, 0.15) is 20.8 Å². The normalized spacial score (nSPS) is 11.3. The number of rotatable bonds is 7. The van der Waals surface area contributed by atoms with Gasteiger partial charge in [-0.15, -0.1) is 0 Å². The Morgan fingerprint density at radius 1 is 1.32 bits per heavy atom. The van der Waals surface area contributed by atoms with Crippen molar-refractivity contribution in [1.82, 2.24) is 19.3 Å². The molecule has 0 bridgehead atoms. The number of hydrogen-bond acceptors (Lipinski definition) is 5. The molecule has 1 aromatic carbocycles. The highest BCUT2D eigenvalue weighted by molar-refractivity contribution is 7.99. The van der Waals surface area contributed by atoms with Gasteiger partial charge in [-0.25, -0.2) is 9.37 Å². The van der Waals surface area contributed by atoms with Crippen LogP contribution in [0.25, 0.3) is 11.0 Å². The molecule has 7 nitrogen and oxygen atoms in total. The van der Waals surface area contributed by atoms with E-state index in [4.69, 9.17) is 0 Å². The molecule has 0 fully saturated rings. The SMILES string of the molecule is CCn1cc2nc(SCC(=O)Nc3ccccc3F)n(CC(C)C)c(=O)c2n1. The van der Waals surface area contributed by atoms with Gasteiger partial charge in [-0.3, -0.25) is 18.8 Å². The van der Waals surface area contributed by atoms with Crippen molar-refractivity contribution in [3.63, 3.8) is 0 Å². The van der Waals surface area contributed by atoms with Crippen molar-refractivity contribution < 1.29 is 9.18 Å². The molecule has 148 valence electrons. The highest BCUT2D eigenvalue weighted by Gasteiger charge is 2.17. The van der Waals surface area contributed by atoms with Crippen LogP contribution in [0.2, 0.25) is 0 Å². The predicted octanol–water partition coefficient (Wildman–Crippen LogP) is 3.14. The molecule has 2 heterocycles. The molecule has 0 radical (unpaired) electrons. The summed E-state index contributed by atoms with van der Waals surface area (Å²) in [6, 6.07) is 5.98. The number of carbonyl (C=O) groups excluding carboxylic acids is 1. The van der Waals surface area contributed by atoms with E-state index in [0.717, 1.165) is 11.8 Å². The lowest BCUT2D eigenvalue weighted by Gasteiger charge is -2.13. The van der Waals surface area contributed by atoms with Gasteiger partial charge in [0.15, 0.2) is 10.7 Å². The average molecular weight is 403 g/mol. The third-order valence-electron chi connectivity index (χ3n) is 3.99. The molecule has 0 saturated heterocycles. The fourth-order valence-electron chi connectivity index (χ4n) is 2.70. The maximum Gasteiger partial charge on any atom is 0.282 e. The van der Waals surface area contributed by atoms with E-state index in [9.17, 15) is 14.0 Å². The molecule has 0 aliphatic rings. The molecule has 0 aliphatic heterocycles. The molecule has 1 N–H and O–H groups in total. The van der Waals surface area contributed by atoms with Crippen molar-refractivity contribution in [2.24, 2.45) is 5.92 Å². The molecular weight excluding hydrogens is 381 g/mol. The van der Waals surface area contributed by atoms with E-state index in [0.29, 0.717) is 29.3 Å². The summed E-state index contributed by atoms with van der Waals surface area (Å²) in [6.45, 7) is 7.04. The Morgan fingerprint density at radius 2 is 2.07 bits per heavy atom. The number of nitrogens with one attached hydrogen (secondary N) is 1. The smallest absolute Gasteiger partial charge is 0.282 e. The van der Waals surface area contributed by atoms with Gasteiger partial charge < -0.3 is 5.32 Å². The first-order valence-electron chi connectivity index (χ1n) is 9.04. The first-order valence-corrected chi connectivity index (χ1v) is 10.0. The second-order valence-corrected chi connectivity index (χ2v) is 7.68. The van der Waals surface area contributed by atoms with E-state index in [1.807, 2.05) is 20.8 Å². The number of fused-ring (bicyclic) bond motifs is 1. The molecule has 0 aliphatic carbocycles. The van der Waals surface area contributed by atoms with Crippen molar-refractivity contribution in [1.29, 1.82) is 0 Å². The van der Waals surface area contributed by atoms with Gasteiger partial charge in [0, 0.05) is 13.1 Å². The zero-order valence-electron chi connectivity index (χ0n) is 16.0. The second kappa shape index (κ2) is 8.55. The van der Waals surface area contributed by atoms with Crippen LogP contribution < -0.4 is 10.9 Å². The summed E-state index contributed by atoms with van der Waals surface area (Å²) in [5.41, 5.74) is 0.731. The van der Waals surface area contributed by atoms with Crippen LogP contribution in [0.15, 0.2) is 40.4 Å². The van der Waals surface area contributed by atoms with E-state index in [-0.39, 0.29) is 28.8 Å². The van der Waals surface area contributed by atoms with Crippen molar-refractivity contribution in [2.45, 2.75) is 39.0 Å². The third-order valence-corrected chi connectivity index (χ3v) is 4.97. The molecule has 3 rings (SSSR count). The van der Waals surface area contributed by atoms with E-state index in [1.54, 1.807) is 27.6 Å². The topological polar surface area (TPSA) is 81.8 Å². The number of benzene rings is 1. The van der Waals surface area contributed by atoms with E-state index >= 15 is 0 Å². The van der Waals surface area contributed by atoms with Gasteiger partial charge in [0.25, 0.3) is 5.56 Å². The van der Waals surface area contributed by atoms with Gasteiger partial charge in [0.1, 0.15) is 11.3 Å². The Bertz CT molecular complexity index is 1060. The molecule has 0 atom stereocenters. The maximum absolute atomic E-state index is 13.7. The zero-order valence-corrected chi connectivity index (χ0v) is 16.8. The summed E-state index contributed by atoms with van der Waals surface area (Å²) in [7, 11) is 0. The summed E-state index contributed by atoms with van der Waals surface area (Å²) in [5.74, 6) is -0.641. The standard InChI is InChI=1S/C19H22FN5O2S/c1-4-24-10-15-17(23-24)18(27)25(9-12(2)3)19(22-15)28-11-16(26)21-14-8-6-5-7-13(14)20/h5-8,10,12H,4,9,11H2,1-3H3,(H,21,26). The molecule has 28 heavy (non-hydrogen) atoms. The number of aromatic nitrogens is 4. The number of thioether (sulfide) groups is 1. The lowest BCUT2D eigenvalue weighted by Crippen LogP contribution is -2.26. The largest absolute Gasteiger partial charge is 0.323 e. The number of hydrogen-bond donors (Lipinski definition) is 1. The lowest BCUT2D eigenvalue weighted by molar-refractivity contribution is -0.113. The number of carbonyl (C=O) groups is 1. The molecule has 0 saturated carbocycles. The number of anilines is 1. The van der Waals surface area contributed by atoms with Crippen LogP contribution in [-0.2, 0) is 17.9 Å². The number of para-hydroxylation sites is 1. The number of aryl methyl sites for hydroxylation is 1. The quantitative estimate of drug-likeness (QED) is 0.484. The summed E-state index contributed by atoms with van der Waals surface area (Å²) >= 11 is 1.15. The van der Waals surface area contributed by atoms with Gasteiger partial charge in [-0.2, -0.15) is 5.10 Å². The Hall–Kier alpha value is -2.68. The van der Waals surface area contributed by atoms with Crippen LogP contribution in [-0.4, -0.2) is 31.0 Å². The summed E-state index contributed by atoms with van der Waals surface area (Å²) in [4.78, 5) is 29.7. The monoisotopic (exact) mass is 403 g/mol. The van der Waals surface area contributed by atoms with Gasteiger partial charge in [0.05, 0.1) is 17.6 Å². The molecule has 0 spiro atoms. The molecule has 9 heteroatoms. The molecule has 0 unspecified atom stereocenters. The van der Waals surface area contributed by atoms with Crippen LogP contribution >= 0.6 is 11.8 Å². The minimum absolute atomic E-state index is 0.00624. The van der Waals surface area contributed by atoms with E-state index in [2.05, 4.69) is 15.4 Å². The number of amides is 1. The first-order chi connectivity index (χ1) is 13.4. The molecule has 3 aromatic rings. The summed E-state index contributed by atoms with van der Waals surface area (Å²) in [5, 5.41) is 7.28.